The number of carbonyl (C=O) groups is 1. The van der Waals surface area contributed by atoms with Gasteiger partial charge >= 0.3 is 0 Å². The zero-order valence-electron chi connectivity index (χ0n) is 8.60. The average molecular weight is 195 g/mol. The molecule has 4 heteroatoms. The third kappa shape index (κ3) is 4.24. The smallest absolute Gasteiger partial charge is 0.233 e. The first-order chi connectivity index (χ1) is 6.66. The fourth-order valence-corrected chi connectivity index (χ4v) is 1.19. The summed E-state index contributed by atoms with van der Waals surface area (Å²) >= 11 is 0. The van der Waals surface area contributed by atoms with Crippen LogP contribution in [-0.2, 0) is 4.79 Å². The fourth-order valence-electron chi connectivity index (χ4n) is 1.19. The molecule has 0 bridgehead atoms. The van der Waals surface area contributed by atoms with Gasteiger partial charge in [0.15, 0.2) is 0 Å². The lowest BCUT2D eigenvalue weighted by atomic mass is 10.1. The molecular weight excluding hydrogens is 178 g/mol. The summed E-state index contributed by atoms with van der Waals surface area (Å²) < 4.78 is 0. The van der Waals surface area contributed by atoms with Crippen LogP contribution in [0.15, 0.2) is 0 Å². The Hall–Kier alpha value is -1.08. The Labute approximate surface area is 84.7 Å². The molecule has 0 aromatic carbocycles. The Morgan fingerprint density at radius 2 is 2.29 bits per heavy atom. The van der Waals surface area contributed by atoms with Crippen molar-refractivity contribution in [2.75, 3.05) is 19.6 Å². The van der Waals surface area contributed by atoms with Crippen molar-refractivity contribution in [2.24, 2.45) is 5.41 Å². The second kappa shape index (κ2) is 4.97. The first kappa shape index (κ1) is 11.0. The number of hydrogen-bond acceptors (Lipinski definition) is 3. The molecule has 0 aromatic heterocycles. The SMILES string of the molecule is CC1(CNCC(=O)NCCC#N)CC1. The molecule has 1 aliphatic carbocycles. The molecule has 78 valence electrons. The number of amides is 1. The predicted octanol–water partition coefficient (Wildman–Crippen LogP) is 0.406. The van der Waals surface area contributed by atoms with E-state index in [1.807, 2.05) is 6.07 Å². The molecule has 0 unspecified atom stereocenters. The first-order valence-electron chi connectivity index (χ1n) is 5.01. The highest BCUT2D eigenvalue weighted by molar-refractivity contribution is 5.77. The molecule has 1 fully saturated rings. The van der Waals surface area contributed by atoms with Crippen LogP contribution in [0.2, 0.25) is 0 Å². The third-order valence-electron chi connectivity index (χ3n) is 2.50. The predicted molar refractivity (Wildman–Crippen MR) is 53.5 cm³/mol. The number of rotatable bonds is 6. The maximum Gasteiger partial charge on any atom is 0.233 e. The molecule has 0 aliphatic heterocycles. The molecule has 4 nitrogen and oxygen atoms in total. The van der Waals surface area contributed by atoms with E-state index in [9.17, 15) is 4.79 Å². The van der Waals surface area contributed by atoms with Gasteiger partial charge < -0.3 is 10.6 Å². The quantitative estimate of drug-likeness (QED) is 0.603. The molecule has 1 aliphatic rings. The van der Waals surface area contributed by atoms with Crippen molar-refractivity contribution in [3.05, 3.63) is 0 Å². The van der Waals surface area contributed by atoms with Crippen molar-refractivity contribution >= 4 is 5.91 Å². The van der Waals surface area contributed by atoms with Gasteiger partial charge in [-0.1, -0.05) is 6.92 Å². The number of nitriles is 1. The van der Waals surface area contributed by atoms with Gasteiger partial charge in [-0.25, -0.2) is 0 Å². The zero-order chi connectivity index (χ0) is 10.4. The van der Waals surface area contributed by atoms with Crippen molar-refractivity contribution < 1.29 is 4.79 Å². The second-order valence-electron chi connectivity index (χ2n) is 4.17. The monoisotopic (exact) mass is 195 g/mol. The van der Waals surface area contributed by atoms with E-state index in [0.717, 1.165) is 6.54 Å². The summed E-state index contributed by atoms with van der Waals surface area (Å²) in [6.45, 7) is 3.95. The van der Waals surface area contributed by atoms with Crippen LogP contribution in [0, 0.1) is 16.7 Å². The van der Waals surface area contributed by atoms with Crippen LogP contribution in [0.1, 0.15) is 26.2 Å². The van der Waals surface area contributed by atoms with Crippen molar-refractivity contribution in [2.45, 2.75) is 26.2 Å². The number of nitrogens with zero attached hydrogens (tertiary/aromatic N) is 1. The minimum atomic E-state index is -0.0236. The minimum Gasteiger partial charge on any atom is -0.354 e. The lowest BCUT2D eigenvalue weighted by Crippen LogP contribution is -2.36. The van der Waals surface area contributed by atoms with E-state index in [0.29, 0.717) is 24.9 Å². The standard InChI is InChI=1S/C10H17N3O/c1-10(3-4-10)8-12-7-9(14)13-6-2-5-11/h12H,2-4,6-8H2,1H3,(H,13,14). The van der Waals surface area contributed by atoms with E-state index in [2.05, 4.69) is 17.6 Å². The summed E-state index contributed by atoms with van der Waals surface area (Å²) in [6.07, 6.45) is 2.90. The molecule has 2 N–H and O–H groups in total. The molecule has 1 rings (SSSR count). The van der Waals surface area contributed by atoms with Crippen molar-refractivity contribution in [3.63, 3.8) is 0 Å². The Kier molecular flexibility index (Phi) is 3.90. The highest BCUT2D eigenvalue weighted by Crippen LogP contribution is 2.43. The number of nitrogens with one attached hydrogen (secondary N) is 2. The largest absolute Gasteiger partial charge is 0.354 e. The van der Waals surface area contributed by atoms with Crippen LogP contribution >= 0.6 is 0 Å². The summed E-state index contributed by atoms with van der Waals surface area (Å²) in [5, 5.41) is 14.0. The van der Waals surface area contributed by atoms with Crippen LogP contribution in [-0.4, -0.2) is 25.5 Å². The van der Waals surface area contributed by atoms with Crippen LogP contribution < -0.4 is 10.6 Å². The summed E-state index contributed by atoms with van der Waals surface area (Å²) in [5.41, 5.74) is 0.437. The Morgan fingerprint density at radius 1 is 1.57 bits per heavy atom. The Bertz CT molecular complexity index is 240. The first-order valence-corrected chi connectivity index (χ1v) is 5.01. The van der Waals surface area contributed by atoms with E-state index in [1.54, 1.807) is 0 Å². The summed E-state index contributed by atoms with van der Waals surface area (Å²) in [6, 6.07) is 1.98. The minimum absolute atomic E-state index is 0.0236. The highest BCUT2D eigenvalue weighted by atomic mass is 16.1. The molecule has 0 saturated heterocycles. The van der Waals surface area contributed by atoms with E-state index in [-0.39, 0.29) is 5.91 Å². The van der Waals surface area contributed by atoms with Crippen LogP contribution in [0.4, 0.5) is 0 Å². The van der Waals surface area contributed by atoms with E-state index in [1.165, 1.54) is 12.8 Å². The van der Waals surface area contributed by atoms with Gasteiger partial charge in [-0.15, -0.1) is 0 Å². The molecule has 1 amide bonds. The van der Waals surface area contributed by atoms with Crippen LogP contribution in [0.3, 0.4) is 0 Å². The van der Waals surface area contributed by atoms with Crippen LogP contribution in [0.25, 0.3) is 0 Å². The van der Waals surface area contributed by atoms with Gasteiger partial charge in [0.05, 0.1) is 19.0 Å². The molecule has 0 heterocycles. The van der Waals surface area contributed by atoms with Gasteiger partial charge in [0, 0.05) is 13.1 Å². The second-order valence-corrected chi connectivity index (χ2v) is 4.17. The normalized spacial score (nSPS) is 17.1. The Morgan fingerprint density at radius 3 is 2.86 bits per heavy atom. The van der Waals surface area contributed by atoms with Crippen molar-refractivity contribution in [3.8, 4) is 6.07 Å². The fraction of sp³-hybridized carbons (Fsp3) is 0.800. The number of hydrogen-bond donors (Lipinski definition) is 2. The highest BCUT2D eigenvalue weighted by Gasteiger charge is 2.36. The van der Waals surface area contributed by atoms with Gasteiger partial charge in [-0.05, 0) is 18.3 Å². The summed E-state index contributed by atoms with van der Waals surface area (Å²) in [7, 11) is 0. The molecule has 14 heavy (non-hydrogen) atoms. The molecule has 0 aromatic rings. The maximum atomic E-state index is 11.1. The van der Waals surface area contributed by atoms with Crippen molar-refractivity contribution in [1.29, 1.82) is 5.26 Å². The summed E-state index contributed by atoms with van der Waals surface area (Å²) in [5.74, 6) is -0.0236. The lowest BCUT2D eigenvalue weighted by molar-refractivity contribution is -0.120. The molecule has 0 spiro atoms. The lowest BCUT2D eigenvalue weighted by Gasteiger charge is -2.09. The van der Waals surface area contributed by atoms with Gasteiger partial charge in [-0.2, -0.15) is 5.26 Å². The van der Waals surface area contributed by atoms with E-state index >= 15 is 0 Å². The molecule has 1 saturated carbocycles. The molecule has 0 atom stereocenters. The number of carbonyl (C=O) groups excluding carboxylic acids is 1. The maximum absolute atomic E-state index is 11.1. The molecule has 0 radical (unpaired) electrons. The van der Waals surface area contributed by atoms with E-state index < -0.39 is 0 Å². The van der Waals surface area contributed by atoms with Gasteiger partial charge in [0.25, 0.3) is 0 Å². The summed E-state index contributed by atoms with van der Waals surface area (Å²) in [4.78, 5) is 11.1. The zero-order valence-corrected chi connectivity index (χ0v) is 8.60. The Balaban J connectivity index is 1.95. The van der Waals surface area contributed by atoms with E-state index in [4.69, 9.17) is 5.26 Å². The van der Waals surface area contributed by atoms with Crippen molar-refractivity contribution in [1.82, 2.24) is 10.6 Å². The average Bonchev–Trinajstić information content (AvgIpc) is 2.84. The van der Waals surface area contributed by atoms with Gasteiger partial charge in [0.2, 0.25) is 5.91 Å². The van der Waals surface area contributed by atoms with Gasteiger partial charge in [0.1, 0.15) is 0 Å². The topological polar surface area (TPSA) is 64.9 Å². The third-order valence-corrected chi connectivity index (χ3v) is 2.50. The molecular formula is C10H17N3O. The van der Waals surface area contributed by atoms with Crippen LogP contribution in [0.5, 0.6) is 0 Å². The van der Waals surface area contributed by atoms with Gasteiger partial charge in [-0.3, -0.25) is 4.79 Å².